The minimum Gasteiger partial charge on any atom is -0.497 e. The lowest BCUT2D eigenvalue weighted by atomic mass is 9.86. The van der Waals surface area contributed by atoms with Gasteiger partial charge in [0.05, 0.1) is 20.3 Å². The smallest absolute Gasteiger partial charge is 0.315 e. The van der Waals surface area contributed by atoms with E-state index in [1.165, 1.54) is 5.56 Å². The molecule has 1 heterocycles. The van der Waals surface area contributed by atoms with Crippen LogP contribution < -0.4 is 10.1 Å². The fraction of sp³-hybridized carbons (Fsp3) is 0.500. The number of hydrogen-bond acceptors (Lipinski definition) is 4. The van der Waals surface area contributed by atoms with Crippen LogP contribution in [0, 0.1) is 5.41 Å². The molecule has 5 nitrogen and oxygen atoms in total. The first-order valence-corrected chi connectivity index (χ1v) is 6.31. The van der Waals surface area contributed by atoms with Crippen molar-refractivity contribution in [2.45, 2.75) is 6.42 Å². The van der Waals surface area contributed by atoms with Crippen molar-refractivity contribution in [3.63, 3.8) is 0 Å². The lowest BCUT2D eigenvalue weighted by molar-refractivity contribution is -0.178. The van der Waals surface area contributed by atoms with Gasteiger partial charge in [0.25, 0.3) is 0 Å². The van der Waals surface area contributed by atoms with Gasteiger partial charge in [0.15, 0.2) is 0 Å². The molecule has 0 saturated carbocycles. The molecule has 0 unspecified atom stereocenters. The number of carboxylic acid groups (broad SMARTS) is 1. The summed E-state index contributed by atoms with van der Waals surface area (Å²) in [5, 5.41) is 12.3. The van der Waals surface area contributed by atoms with E-state index in [-0.39, 0.29) is 0 Å². The van der Waals surface area contributed by atoms with Crippen molar-refractivity contribution in [1.82, 2.24) is 5.32 Å². The molecular formula is C14H19NO4. The second-order valence-corrected chi connectivity index (χ2v) is 4.86. The number of rotatable bonds is 7. The normalized spacial score (nSPS) is 16.7. The summed E-state index contributed by atoms with van der Waals surface area (Å²) in [5.74, 6) is 0.0551. The molecule has 1 aromatic rings. The van der Waals surface area contributed by atoms with E-state index in [4.69, 9.17) is 14.6 Å². The third-order valence-corrected chi connectivity index (χ3v) is 3.40. The molecule has 1 aliphatic rings. The molecule has 0 atom stereocenters. The van der Waals surface area contributed by atoms with Crippen LogP contribution in [0.2, 0.25) is 0 Å². The van der Waals surface area contributed by atoms with E-state index in [2.05, 4.69) is 5.32 Å². The van der Waals surface area contributed by atoms with Crippen LogP contribution in [0.25, 0.3) is 0 Å². The van der Waals surface area contributed by atoms with E-state index in [1.54, 1.807) is 7.11 Å². The summed E-state index contributed by atoms with van der Waals surface area (Å²) >= 11 is 0. The maximum absolute atomic E-state index is 11.1. The molecule has 2 rings (SSSR count). The number of aliphatic carboxylic acids is 1. The first kappa shape index (κ1) is 13.8. The van der Waals surface area contributed by atoms with E-state index < -0.39 is 11.4 Å². The third-order valence-electron chi connectivity index (χ3n) is 3.40. The van der Waals surface area contributed by atoms with Crippen LogP contribution in [0.3, 0.4) is 0 Å². The third kappa shape index (κ3) is 3.24. The maximum Gasteiger partial charge on any atom is 0.315 e. The number of carboxylic acids is 1. The molecule has 0 spiro atoms. The summed E-state index contributed by atoms with van der Waals surface area (Å²) in [6, 6.07) is 7.87. The van der Waals surface area contributed by atoms with Gasteiger partial charge in [-0.25, -0.2) is 0 Å². The van der Waals surface area contributed by atoms with E-state index in [0.717, 1.165) is 18.7 Å². The quantitative estimate of drug-likeness (QED) is 0.718. The molecule has 1 aromatic carbocycles. The second kappa shape index (κ2) is 6.04. The van der Waals surface area contributed by atoms with Crippen LogP contribution in [0.5, 0.6) is 5.75 Å². The van der Waals surface area contributed by atoms with Crippen LogP contribution in [-0.4, -0.2) is 44.5 Å². The Balaban J connectivity index is 1.76. The SMILES string of the molecule is COc1cccc(CCNCC2(C(=O)O)COC2)c1. The number of methoxy groups -OCH3 is 1. The van der Waals surface area contributed by atoms with Crippen molar-refractivity contribution in [3.05, 3.63) is 29.8 Å². The van der Waals surface area contributed by atoms with E-state index in [1.807, 2.05) is 24.3 Å². The Morgan fingerprint density at radius 3 is 2.89 bits per heavy atom. The number of benzene rings is 1. The lowest BCUT2D eigenvalue weighted by Crippen LogP contribution is -2.55. The van der Waals surface area contributed by atoms with Crippen molar-refractivity contribution in [2.24, 2.45) is 5.41 Å². The van der Waals surface area contributed by atoms with Crippen molar-refractivity contribution >= 4 is 5.97 Å². The largest absolute Gasteiger partial charge is 0.497 e. The van der Waals surface area contributed by atoms with Crippen LogP contribution >= 0.6 is 0 Å². The topological polar surface area (TPSA) is 67.8 Å². The van der Waals surface area contributed by atoms with Crippen molar-refractivity contribution in [1.29, 1.82) is 0 Å². The van der Waals surface area contributed by atoms with Gasteiger partial charge in [-0.3, -0.25) is 4.79 Å². The van der Waals surface area contributed by atoms with Gasteiger partial charge in [-0.1, -0.05) is 12.1 Å². The highest BCUT2D eigenvalue weighted by atomic mass is 16.5. The van der Waals surface area contributed by atoms with Gasteiger partial charge >= 0.3 is 5.97 Å². The molecule has 19 heavy (non-hydrogen) atoms. The Bertz CT molecular complexity index is 443. The maximum atomic E-state index is 11.1. The van der Waals surface area contributed by atoms with Gasteiger partial charge in [-0.05, 0) is 30.7 Å². The Labute approximate surface area is 112 Å². The van der Waals surface area contributed by atoms with Crippen molar-refractivity contribution in [3.8, 4) is 5.75 Å². The molecule has 1 fully saturated rings. The molecule has 0 aliphatic carbocycles. The highest BCUT2D eigenvalue weighted by Crippen LogP contribution is 2.26. The average molecular weight is 265 g/mol. The molecule has 0 amide bonds. The van der Waals surface area contributed by atoms with Crippen molar-refractivity contribution in [2.75, 3.05) is 33.4 Å². The van der Waals surface area contributed by atoms with Gasteiger partial charge in [0, 0.05) is 6.54 Å². The van der Waals surface area contributed by atoms with Gasteiger partial charge in [0.1, 0.15) is 11.2 Å². The molecule has 104 valence electrons. The zero-order valence-electron chi connectivity index (χ0n) is 11.0. The molecule has 0 bridgehead atoms. The van der Waals surface area contributed by atoms with Gasteiger partial charge < -0.3 is 19.9 Å². The molecule has 5 heteroatoms. The summed E-state index contributed by atoms with van der Waals surface area (Å²) in [7, 11) is 1.64. The standard InChI is InChI=1S/C14H19NO4/c1-18-12-4-2-3-11(7-12)5-6-15-8-14(13(16)17)9-19-10-14/h2-4,7,15H,5-6,8-10H2,1H3,(H,16,17). The zero-order chi connectivity index (χ0) is 13.7. The summed E-state index contributed by atoms with van der Waals surface area (Å²) in [6.45, 7) is 1.79. The number of carbonyl (C=O) groups is 1. The Kier molecular flexibility index (Phi) is 4.39. The van der Waals surface area contributed by atoms with Gasteiger partial charge in [0.2, 0.25) is 0 Å². The summed E-state index contributed by atoms with van der Waals surface area (Å²) in [4.78, 5) is 11.1. The van der Waals surface area contributed by atoms with Crippen LogP contribution in [-0.2, 0) is 16.0 Å². The summed E-state index contributed by atoms with van der Waals surface area (Å²) < 4.78 is 10.2. The Morgan fingerprint density at radius 2 is 2.32 bits per heavy atom. The fourth-order valence-corrected chi connectivity index (χ4v) is 2.04. The number of nitrogens with one attached hydrogen (secondary N) is 1. The first-order valence-electron chi connectivity index (χ1n) is 6.31. The van der Waals surface area contributed by atoms with Gasteiger partial charge in [-0.2, -0.15) is 0 Å². The minimum absolute atomic E-state index is 0.300. The van der Waals surface area contributed by atoms with Crippen LogP contribution in [0.1, 0.15) is 5.56 Å². The van der Waals surface area contributed by atoms with Crippen molar-refractivity contribution < 1.29 is 19.4 Å². The lowest BCUT2D eigenvalue weighted by Gasteiger charge is -2.37. The Morgan fingerprint density at radius 1 is 1.53 bits per heavy atom. The van der Waals surface area contributed by atoms with E-state index in [9.17, 15) is 4.79 Å². The molecule has 1 saturated heterocycles. The first-order chi connectivity index (χ1) is 9.16. The predicted molar refractivity (Wildman–Crippen MR) is 70.5 cm³/mol. The number of hydrogen-bond donors (Lipinski definition) is 2. The fourth-order valence-electron chi connectivity index (χ4n) is 2.04. The summed E-state index contributed by atoms with van der Waals surface area (Å²) in [5.41, 5.74) is 0.440. The Hall–Kier alpha value is -1.59. The van der Waals surface area contributed by atoms with E-state index >= 15 is 0 Å². The highest BCUT2D eigenvalue weighted by molar-refractivity contribution is 5.76. The molecular weight excluding hydrogens is 246 g/mol. The van der Waals surface area contributed by atoms with Crippen LogP contribution in [0.4, 0.5) is 0 Å². The summed E-state index contributed by atoms with van der Waals surface area (Å²) in [6.07, 6.45) is 0.841. The molecule has 0 radical (unpaired) electrons. The predicted octanol–water partition coefficient (Wildman–Crippen LogP) is 0.928. The monoisotopic (exact) mass is 265 g/mol. The highest BCUT2D eigenvalue weighted by Gasteiger charge is 2.45. The average Bonchev–Trinajstić information content (AvgIpc) is 2.36. The second-order valence-electron chi connectivity index (χ2n) is 4.86. The van der Waals surface area contributed by atoms with E-state index in [0.29, 0.717) is 19.8 Å². The van der Waals surface area contributed by atoms with Crippen LogP contribution in [0.15, 0.2) is 24.3 Å². The zero-order valence-corrected chi connectivity index (χ0v) is 11.0. The number of ether oxygens (including phenoxy) is 2. The van der Waals surface area contributed by atoms with Gasteiger partial charge in [-0.15, -0.1) is 0 Å². The molecule has 2 N–H and O–H groups in total. The molecule has 0 aromatic heterocycles. The minimum atomic E-state index is -0.785. The molecule has 1 aliphatic heterocycles.